The second kappa shape index (κ2) is 13.8. The molecule has 224 valence electrons. The van der Waals surface area contributed by atoms with Crippen LogP contribution in [0.25, 0.3) is 0 Å². The second-order valence-corrected chi connectivity index (χ2v) is 12.8. The number of hydrogen-bond donors (Lipinski definition) is 1. The summed E-state index contributed by atoms with van der Waals surface area (Å²) in [6.07, 6.45) is -0.529. The predicted molar refractivity (Wildman–Crippen MR) is 154 cm³/mol. The quantitative estimate of drug-likeness (QED) is 0.278. The third-order valence-corrected chi connectivity index (χ3v) is 5.89. The minimum atomic E-state index is -1.58. The minimum absolute atomic E-state index is 0.0348. The van der Waals surface area contributed by atoms with Crippen molar-refractivity contribution in [1.29, 1.82) is 0 Å². The van der Waals surface area contributed by atoms with E-state index in [1.165, 1.54) is 19.2 Å². The van der Waals surface area contributed by atoms with Gasteiger partial charge in [0.2, 0.25) is 0 Å². The lowest BCUT2D eigenvalue weighted by molar-refractivity contribution is -0.148. The number of carbonyl (C=O) groups excluding carboxylic acids is 4. The van der Waals surface area contributed by atoms with Crippen LogP contribution in [0, 0.1) is 10.8 Å². The van der Waals surface area contributed by atoms with E-state index in [-0.39, 0.29) is 48.0 Å². The standard InChI is InChI=1S/C32H43NO8/c1-21(39-28(36)23-12-10-9-11-13-23)17-32(33,29(37)38-8)18-22-14-15-24(40-26(34)19-30(2,3)4)25(16-22)41-27(35)20-31(5,6)7/h9-16,21H,17-20,33H2,1-8H3/t21?,32-/m1/s1. The van der Waals surface area contributed by atoms with Gasteiger partial charge in [0.05, 0.1) is 25.5 Å². The Hall–Kier alpha value is -3.72. The summed E-state index contributed by atoms with van der Waals surface area (Å²) in [5.74, 6) is -2.11. The van der Waals surface area contributed by atoms with E-state index in [2.05, 4.69) is 0 Å². The molecule has 1 unspecified atom stereocenters. The maximum atomic E-state index is 12.9. The van der Waals surface area contributed by atoms with Crippen LogP contribution < -0.4 is 15.2 Å². The average Bonchev–Trinajstić information content (AvgIpc) is 2.83. The molecule has 0 bridgehead atoms. The van der Waals surface area contributed by atoms with Gasteiger partial charge in [0.25, 0.3) is 0 Å². The van der Waals surface area contributed by atoms with E-state index in [4.69, 9.17) is 24.7 Å². The van der Waals surface area contributed by atoms with E-state index in [0.29, 0.717) is 11.1 Å². The topological polar surface area (TPSA) is 131 Å². The van der Waals surface area contributed by atoms with Crippen molar-refractivity contribution in [2.75, 3.05) is 7.11 Å². The van der Waals surface area contributed by atoms with E-state index >= 15 is 0 Å². The molecule has 0 saturated heterocycles. The van der Waals surface area contributed by atoms with E-state index in [1.807, 2.05) is 41.5 Å². The molecule has 2 aromatic carbocycles. The fraction of sp³-hybridized carbons (Fsp3) is 0.500. The van der Waals surface area contributed by atoms with Crippen LogP contribution in [-0.4, -0.2) is 42.6 Å². The third kappa shape index (κ3) is 11.4. The second-order valence-electron chi connectivity index (χ2n) is 12.8. The molecule has 0 heterocycles. The van der Waals surface area contributed by atoms with Gasteiger partial charge in [-0.2, -0.15) is 0 Å². The van der Waals surface area contributed by atoms with E-state index in [0.717, 1.165) is 0 Å². The van der Waals surface area contributed by atoms with Crippen molar-refractivity contribution in [3.8, 4) is 11.5 Å². The van der Waals surface area contributed by atoms with Crippen LogP contribution in [0.2, 0.25) is 0 Å². The van der Waals surface area contributed by atoms with Gasteiger partial charge in [-0.3, -0.25) is 14.4 Å². The number of esters is 4. The van der Waals surface area contributed by atoms with Gasteiger partial charge in [0, 0.05) is 12.8 Å². The number of nitrogens with two attached hydrogens (primary N) is 1. The van der Waals surface area contributed by atoms with Crippen molar-refractivity contribution in [3.63, 3.8) is 0 Å². The lowest BCUT2D eigenvalue weighted by Crippen LogP contribution is -2.53. The SMILES string of the molecule is COC(=O)[C@](N)(Cc1ccc(OC(=O)CC(C)(C)C)c(OC(=O)CC(C)(C)C)c1)CC(C)OC(=O)c1ccccc1. The first-order valence-corrected chi connectivity index (χ1v) is 13.6. The van der Waals surface area contributed by atoms with Crippen molar-refractivity contribution in [1.82, 2.24) is 0 Å². The van der Waals surface area contributed by atoms with Gasteiger partial charge in [-0.15, -0.1) is 0 Å². The minimum Gasteiger partial charge on any atom is -0.468 e. The largest absolute Gasteiger partial charge is 0.468 e. The van der Waals surface area contributed by atoms with Gasteiger partial charge in [-0.1, -0.05) is 65.8 Å². The molecule has 2 rings (SSSR count). The highest BCUT2D eigenvalue weighted by Crippen LogP contribution is 2.33. The Bertz CT molecular complexity index is 1230. The monoisotopic (exact) mass is 569 g/mol. The van der Waals surface area contributed by atoms with Gasteiger partial charge in [0.1, 0.15) is 11.6 Å². The molecule has 0 amide bonds. The normalized spacial score (nSPS) is 13.9. The Morgan fingerprint density at radius 1 is 0.805 bits per heavy atom. The Morgan fingerprint density at radius 3 is 1.85 bits per heavy atom. The molecule has 2 atom stereocenters. The zero-order valence-corrected chi connectivity index (χ0v) is 25.4. The molecular formula is C32H43NO8. The molecule has 0 aliphatic carbocycles. The Balaban J connectivity index is 2.33. The summed E-state index contributed by atoms with van der Waals surface area (Å²) >= 11 is 0. The Morgan fingerprint density at radius 2 is 1.34 bits per heavy atom. The first kappa shape index (κ1) is 33.5. The van der Waals surface area contributed by atoms with E-state index in [1.54, 1.807) is 43.3 Å². The van der Waals surface area contributed by atoms with Crippen molar-refractivity contribution in [2.45, 2.75) is 85.8 Å². The summed E-state index contributed by atoms with van der Waals surface area (Å²) in [5.41, 5.74) is 5.24. The highest BCUT2D eigenvalue weighted by molar-refractivity contribution is 5.89. The summed E-state index contributed by atoms with van der Waals surface area (Å²) in [5, 5.41) is 0. The lowest BCUT2D eigenvalue weighted by Gasteiger charge is -2.29. The van der Waals surface area contributed by atoms with Crippen LogP contribution in [0.3, 0.4) is 0 Å². The van der Waals surface area contributed by atoms with Crippen LogP contribution in [0.15, 0.2) is 48.5 Å². The summed E-state index contributed by atoms with van der Waals surface area (Å²) in [4.78, 5) is 50.6. The predicted octanol–water partition coefficient (Wildman–Crippen LogP) is 5.42. The molecule has 0 spiro atoms. The van der Waals surface area contributed by atoms with Gasteiger partial charge in [-0.05, 0) is 47.6 Å². The molecule has 0 saturated carbocycles. The number of ether oxygens (including phenoxy) is 4. The summed E-state index contributed by atoms with van der Waals surface area (Å²) in [7, 11) is 1.22. The number of rotatable bonds is 11. The van der Waals surface area contributed by atoms with Crippen molar-refractivity contribution in [3.05, 3.63) is 59.7 Å². The molecule has 9 heteroatoms. The van der Waals surface area contributed by atoms with E-state index in [9.17, 15) is 19.2 Å². The number of benzene rings is 2. The maximum absolute atomic E-state index is 12.9. The number of carbonyl (C=O) groups is 4. The molecule has 9 nitrogen and oxygen atoms in total. The molecule has 41 heavy (non-hydrogen) atoms. The van der Waals surface area contributed by atoms with Crippen LogP contribution >= 0.6 is 0 Å². The van der Waals surface area contributed by atoms with Crippen LogP contribution in [0.5, 0.6) is 11.5 Å². The lowest BCUT2D eigenvalue weighted by atomic mass is 9.86. The summed E-state index contributed by atoms with van der Waals surface area (Å²) < 4.78 is 21.7. The van der Waals surface area contributed by atoms with Gasteiger partial charge < -0.3 is 24.7 Å². The van der Waals surface area contributed by atoms with Gasteiger partial charge in [0.15, 0.2) is 11.5 Å². The first-order valence-electron chi connectivity index (χ1n) is 13.6. The molecular weight excluding hydrogens is 526 g/mol. The van der Waals surface area contributed by atoms with Crippen LogP contribution in [0.1, 0.15) is 83.7 Å². The van der Waals surface area contributed by atoms with Crippen LogP contribution in [0.4, 0.5) is 0 Å². The summed E-state index contributed by atoms with van der Waals surface area (Å²) in [6.45, 7) is 13.1. The highest BCUT2D eigenvalue weighted by atomic mass is 16.6. The smallest absolute Gasteiger partial charge is 0.338 e. The molecule has 0 aliphatic rings. The van der Waals surface area contributed by atoms with Gasteiger partial charge in [-0.25, -0.2) is 4.79 Å². The van der Waals surface area contributed by atoms with Crippen molar-refractivity contribution in [2.24, 2.45) is 16.6 Å². The molecule has 0 aromatic heterocycles. The maximum Gasteiger partial charge on any atom is 0.338 e. The van der Waals surface area contributed by atoms with Crippen molar-refractivity contribution < 1.29 is 38.1 Å². The zero-order chi connectivity index (χ0) is 31.0. The van der Waals surface area contributed by atoms with E-state index < -0.39 is 35.5 Å². The highest BCUT2D eigenvalue weighted by Gasteiger charge is 2.38. The molecule has 2 N–H and O–H groups in total. The third-order valence-electron chi connectivity index (χ3n) is 5.89. The number of methoxy groups -OCH3 is 1. The van der Waals surface area contributed by atoms with Crippen LogP contribution in [-0.2, 0) is 30.3 Å². The Kier molecular flexibility index (Phi) is 11.2. The first-order chi connectivity index (χ1) is 18.9. The molecule has 0 fully saturated rings. The number of hydrogen-bond acceptors (Lipinski definition) is 9. The average molecular weight is 570 g/mol. The van der Waals surface area contributed by atoms with Crippen molar-refractivity contribution >= 4 is 23.9 Å². The summed E-state index contributed by atoms with van der Waals surface area (Å²) in [6, 6.07) is 13.1. The molecule has 0 radical (unpaired) electrons. The molecule has 0 aliphatic heterocycles. The zero-order valence-electron chi connectivity index (χ0n) is 25.4. The van der Waals surface area contributed by atoms with Gasteiger partial charge >= 0.3 is 23.9 Å². The Labute approximate surface area is 242 Å². The molecule has 2 aromatic rings. The fourth-order valence-electron chi connectivity index (χ4n) is 4.18. The fourth-order valence-corrected chi connectivity index (χ4v) is 4.18.